The lowest BCUT2D eigenvalue weighted by Crippen LogP contribution is -2.39. The number of methoxy groups -OCH3 is 2. The number of nitrogens with zero attached hydrogens (tertiary/aromatic N) is 1. The van der Waals surface area contributed by atoms with Gasteiger partial charge < -0.3 is 14.6 Å². The fraction of sp³-hybridized carbons (Fsp3) is 0.579. The van der Waals surface area contributed by atoms with Crippen molar-refractivity contribution in [3.05, 3.63) is 36.4 Å². The molecule has 1 rings (SSSR count). The van der Waals surface area contributed by atoms with Crippen LogP contribution in [0, 0.1) is 5.92 Å². The molecule has 1 unspecified atom stereocenters. The summed E-state index contributed by atoms with van der Waals surface area (Å²) >= 11 is 0. The Labute approximate surface area is 140 Å². The molecule has 130 valence electrons. The van der Waals surface area contributed by atoms with Gasteiger partial charge in [0.25, 0.3) is 0 Å². The summed E-state index contributed by atoms with van der Waals surface area (Å²) in [5, 5.41) is 10.3. The fourth-order valence-electron chi connectivity index (χ4n) is 2.41. The maximum absolute atomic E-state index is 10.3. The molecule has 0 aliphatic heterocycles. The fourth-order valence-corrected chi connectivity index (χ4v) is 2.41. The van der Waals surface area contributed by atoms with E-state index >= 15 is 0 Å². The van der Waals surface area contributed by atoms with E-state index < -0.39 is 5.60 Å². The van der Waals surface area contributed by atoms with Crippen LogP contribution < -0.4 is 9.47 Å². The van der Waals surface area contributed by atoms with Crippen LogP contribution in [0.1, 0.15) is 32.8 Å². The second-order valence-electron chi connectivity index (χ2n) is 6.64. The third kappa shape index (κ3) is 6.63. The molecule has 1 aromatic carbocycles. The van der Waals surface area contributed by atoms with Crippen molar-refractivity contribution in [1.29, 1.82) is 0 Å². The minimum absolute atomic E-state index is 0.553. The van der Waals surface area contributed by atoms with Crippen molar-refractivity contribution in [3.8, 4) is 11.5 Å². The molecular formula is C19H31NO3. The zero-order chi connectivity index (χ0) is 17.5. The normalized spacial score (nSPS) is 13.9. The number of rotatable bonds is 10. The Kier molecular flexibility index (Phi) is 7.59. The average molecular weight is 321 g/mol. The average Bonchev–Trinajstić information content (AvgIpc) is 2.52. The van der Waals surface area contributed by atoms with E-state index in [2.05, 4.69) is 25.3 Å². The predicted octanol–water partition coefficient (Wildman–Crippen LogP) is 3.49. The van der Waals surface area contributed by atoms with Gasteiger partial charge in [0, 0.05) is 13.1 Å². The molecule has 0 saturated heterocycles. The van der Waals surface area contributed by atoms with Crippen LogP contribution in [0.3, 0.4) is 0 Å². The zero-order valence-electron chi connectivity index (χ0n) is 15.1. The van der Waals surface area contributed by atoms with Crippen molar-refractivity contribution in [2.75, 3.05) is 27.3 Å². The first-order valence-electron chi connectivity index (χ1n) is 8.10. The first kappa shape index (κ1) is 19.5. The van der Waals surface area contributed by atoms with Gasteiger partial charge in [0.2, 0.25) is 0 Å². The highest BCUT2D eigenvalue weighted by atomic mass is 16.5. The van der Waals surface area contributed by atoms with Crippen molar-refractivity contribution in [2.45, 2.75) is 39.3 Å². The highest BCUT2D eigenvalue weighted by molar-refractivity contribution is 5.42. The van der Waals surface area contributed by atoms with Crippen LogP contribution in [0.15, 0.2) is 30.9 Å². The predicted molar refractivity (Wildman–Crippen MR) is 95.1 cm³/mol. The minimum Gasteiger partial charge on any atom is -0.493 e. The van der Waals surface area contributed by atoms with Crippen LogP contribution in [0.5, 0.6) is 11.5 Å². The summed E-state index contributed by atoms with van der Waals surface area (Å²) in [6.45, 7) is 12.2. The molecule has 0 aliphatic rings. The molecule has 0 fully saturated rings. The Bertz CT molecular complexity index is 497. The Balaban J connectivity index is 2.88. The van der Waals surface area contributed by atoms with E-state index in [0.29, 0.717) is 12.5 Å². The molecule has 1 atom stereocenters. The van der Waals surface area contributed by atoms with Gasteiger partial charge in [-0.15, -0.1) is 6.58 Å². The quantitative estimate of drug-likeness (QED) is 0.670. The molecule has 1 aromatic rings. The third-order valence-electron chi connectivity index (χ3n) is 3.86. The second kappa shape index (κ2) is 8.94. The third-order valence-corrected chi connectivity index (χ3v) is 3.86. The number of ether oxygens (including phenoxy) is 2. The topological polar surface area (TPSA) is 41.9 Å². The van der Waals surface area contributed by atoms with E-state index in [1.165, 1.54) is 0 Å². The summed E-state index contributed by atoms with van der Waals surface area (Å²) < 4.78 is 10.7. The van der Waals surface area contributed by atoms with E-state index in [9.17, 15) is 5.11 Å². The SMILES string of the molecule is C=CC(C)(O)CN(CCC(C)C)Cc1ccc(OC)c(OC)c1. The summed E-state index contributed by atoms with van der Waals surface area (Å²) in [6.07, 6.45) is 2.69. The monoisotopic (exact) mass is 321 g/mol. The molecule has 0 bridgehead atoms. The van der Waals surface area contributed by atoms with E-state index in [1.54, 1.807) is 27.2 Å². The highest BCUT2D eigenvalue weighted by Gasteiger charge is 2.21. The van der Waals surface area contributed by atoms with Gasteiger partial charge in [0.1, 0.15) is 0 Å². The van der Waals surface area contributed by atoms with Crippen LogP contribution in [0.2, 0.25) is 0 Å². The Morgan fingerprint density at radius 3 is 2.43 bits per heavy atom. The van der Waals surface area contributed by atoms with E-state index in [1.807, 2.05) is 18.2 Å². The van der Waals surface area contributed by atoms with Crippen LogP contribution in [-0.4, -0.2) is 42.9 Å². The first-order valence-corrected chi connectivity index (χ1v) is 8.10. The Morgan fingerprint density at radius 2 is 1.91 bits per heavy atom. The van der Waals surface area contributed by atoms with Crippen LogP contribution in [-0.2, 0) is 6.54 Å². The molecule has 4 nitrogen and oxygen atoms in total. The lowest BCUT2D eigenvalue weighted by Gasteiger charge is -2.30. The number of aliphatic hydroxyl groups is 1. The summed E-state index contributed by atoms with van der Waals surface area (Å²) in [7, 11) is 3.27. The van der Waals surface area contributed by atoms with Crippen LogP contribution in [0.25, 0.3) is 0 Å². The van der Waals surface area contributed by atoms with Crippen molar-refractivity contribution in [2.24, 2.45) is 5.92 Å². The molecule has 0 aliphatic carbocycles. The first-order chi connectivity index (χ1) is 10.8. The van der Waals surface area contributed by atoms with Gasteiger partial charge in [-0.2, -0.15) is 0 Å². The summed E-state index contributed by atoms with van der Waals surface area (Å²) in [5.41, 5.74) is 0.236. The van der Waals surface area contributed by atoms with Crippen LogP contribution >= 0.6 is 0 Å². The summed E-state index contributed by atoms with van der Waals surface area (Å²) in [6, 6.07) is 5.94. The molecule has 1 N–H and O–H groups in total. The van der Waals surface area contributed by atoms with Gasteiger partial charge in [-0.1, -0.05) is 26.0 Å². The molecule has 0 radical (unpaired) electrons. The summed E-state index contributed by atoms with van der Waals surface area (Å²) in [5.74, 6) is 2.07. The number of hydrogen-bond acceptors (Lipinski definition) is 4. The Hall–Kier alpha value is -1.52. The molecule has 23 heavy (non-hydrogen) atoms. The largest absolute Gasteiger partial charge is 0.493 e. The van der Waals surface area contributed by atoms with Gasteiger partial charge in [0.05, 0.1) is 19.8 Å². The van der Waals surface area contributed by atoms with E-state index in [4.69, 9.17) is 9.47 Å². The van der Waals surface area contributed by atoms with Crippen molar-refractivity contribution >= 4 is 0 Å². The number of benzene rings is 1. The van der Waals surface area contributed by atoms with Crippen molar-refractivity contribution in [1.82, 2.24) is 4.90 Å². The van der Waals surface area contributed by atoms with Crippen LogP contribution in [0.4, 0.5) is 0 Å². The maximum atomic E-state index is 10.3. The second-order valence-corrected chi connectivity index (χ2v) is 6.64. The van der Waals surface area contributed by atoms with Gasteiger partial charge in [-0.25, -0.2) is 0 Å². The molecule has 0 heterocycles. The Morgan fingerprint density at radius 1 is 1.26 bits per heavy atom. The number of hydrogen-bond donors (Lipinski definition) is 1. The van der Waals surface area contributed by atoms with Gasteiger partial charge >= 0.3 is 0 Å². The summed E-state index contributed by atoms with van der Waals surface area (Å²) in [4.78, 5) is 2.25. The molecule has 0 amide bonds. The van der Waals surface area contributed by atoms with Gasteiger partial charge in [-0.05, 0) is 43.5 Å². The smallest absolute Gasteiger partial charge is 0.161 e. The van der Waals surface area contributed by atoms with E-state index in [0.717, 1.165) is 36.6 Å². The molecule has 0 saturated carbocycles. The standard InChI is InChI=1S/C19H31NO3/c1-7-19(4,21)14-20(11-10-15(2)3)13-16-8-9-17(22-5)18(12-16)23-6/h7-9,12,15,21H,1,10-11,13-14H2,2-6H3. The zero-order valence-corrected chi connectivity index (χ0v) is 15.1. The van der Waals surface area contributed by atoms with Gasteiger partial charge in [0.15, 0.2) is 11.5 Å². The van der Waals surface area contributed by atoms with E-state index in [-0.39, 0.29) is 0 Å². The maximum Gasteiger partial charge on any atom is 0.161 e. The molecular weight excluding hydrogens is 290 g/mol. The molecule has 0 aromatic heterocycles. The minimum atomic E-state index is -0.895. The van der Waals surface area contributed by atoms with Crippen molar-refractivity contribution in [3.63, 3.8) is 0 Å². The highest BCUT2D eigenvalue weighted by Crippen LogP contribution is 2.28. The van der Waals surface area contributed by atoms with Crippen molar-refractivity contribution < 1.29 is 14.6 Å². The molecule has 0 spiro atoms. The van der Waals surface area contributed by atoms with Gasteiger partial charge in [-0.3, -0.25) is 4.90 Å². The molecule has 4 heteroatoms. The lowest BCUT2D eigenvalue weighted by molar-refractivity contribution is 0.0568. The lowest BCUT2D eigenvalue weighted by atomic mass is 10.0.